The molecule has 1 amide bonds. The molecule has 0 aliphatic carbocycles. The molecule has 1 aromatic carbocycles. The van der Waals surface area contributed by atoms with Gasteiger partial charge < -0.3 is 14.7 Å². The van der Waals surface area contributed by atoms with E-state index in [0.717, 1.165) is 11.3 Å². The van der Waals surface area contributed by atoms with Crippen LogP contribution in [0, 0.1) is 0 Å². The lowest BCUT2D eigenvalue weighted by Crippen LogP contribution is -2.40. The van der Waals surface area contributed by atoms with Crippen molar-refractivity contribution >= 4 is 38.9 Å². The van der Waals surface area contributed by atoms with Crippen LogP contribution < -0.4 is 4.90 Å². The Morgan fingerprint density at radius 2 is 1.89 bits per heavy atom. The van der Waals surface area contributed by atoms with Gasteiger partial charge in [-0.25, -0.2) is 13.2 Å². The molecule has 1 aliphatic heterocycles. The number of carbonyl (C=O) groups is 2. The molecule has 1 fully saturated rings. The van der Waals surface area contributed by atoms with E-state index in [0.29, 0.717) is 13.2 Å². The van der Waals surface area contributed by atoms with Crippen LogP contribution in [0.25, 0.3) is 0 Å². The fourth-order valence-corrected chi connectivity index (χ4v) is 5.37. The molecule has 0 spiro atoms. The first-order chi connectivity index (χ1) is 12.8. The first-order valence-corrected chi connectivity index (χ1v) is 10.4. The van der Waals surface area contributed by atoms with Crippen LogP contribution in [-0.2, 0) is 14.8 Å². The average molecular weight is 410 g/mol. The minimum Gasteiger partial charge on any atom is -0.478 e. The van der Waals surface area contributed by atoms with Crippen LogP contribution >= 0.6 is 11.3 Å². The fraction of sp³-hybridized carbons (Fsp3) is 0.294. The number of rotatable bonds is 5. The van der Waals surface area contributed by atoms with Gasteiger partial charge in [-0.05, 0) is 18.2 Å². The molecule has 8 nitrogen and oxygen atoms in total. The molecule has 2 heterocycles. The number of thiophene rings is 1. The van der Waals surface area contributed by atoms with Gasteiger partial charge in [0.2, 0.25) is 10.0 Å². The number of hydrogen-bond donors (Lipinski definition) is 1. The van der Waals surface area contributed by atoms with Crippen molar-refractivity contribution in [1.29, 1.82) is 0 Å². The summed E-state index contributed by atoms with van der Waals surface area (Å²) in [5.41, 5.74) is 0.229. The van der Waals surface area contributed by atoms with Crippen molar-refractivity contribution in [2.24, 2.45) is 0 Å². The topological polar surface area (TPSA) is 104 Å². The number of amides is 1. The Bertz CT molecular complexity index is 963. The molecule has 1 N–H and O–H groups in total. The Morgan fingerprint density at radius 1 is 1.22 bits per heavy atom. The van der Waals surface area contributed by atoms with Crippen molar-refractivity contribution in [1.82, 2.24) is 4.31 Å². The number of morpholine rings is 1. The SMILES string of the molecule is CN(C(=O)c1cc(S(=O)(=O)N2CCOCC2)cs1)c1ccccc1C(=O)O. The number of aromatic carboxylic acids is 1. The Hall–Kier alpha value is -2.27. The van der Waals surface area contributed by atoms with Crippen LogP contribution in [0.3, 0.4) is 0 Å². The Labute approximate surface area is 160 Å². The van der Waals surface area contributed by atoms with Gasteiger partial charge in [0.25, 0.3) is 5.91 Å². The summed E-state index contributed by atoms with van der Waals surface area (Å²) in [6.07, 6.45) is 0. The summed E-state index contributed by atoms with van der Waals surface area (Å²) in [6, 6.07) is 7.47. The zero-order valence-electron chi connectivity index (χ0n) is 14.5. The number of carboxylic acid groups (broad SMARTS) is 1. The van der Waals surface area contributed by atoms with Gasteiger partial charge >= 0.3 is 5.97 Å². The van der Waals surface area contributed by atoms with E-state index < -0.39 is 21.9 Å². The highest BCUT2D eigenvalue weighted by atomic mass is 32.2. The maximum absolute atomic E-state index is 12.8. The standard InChI is InChI=1S/C17H18N2O6S2/c1-18(14-5-3-2-4-13(14)17(21)22)16(20)15-10-12(11-26-15)27(23,24)19-6-8-25-9-7-19/h2-5,10-11H,6-9H2,1H3,(H,21,22). The smallest absolute Gasteiger partial charge is 0.337 e. The van der Waals surface area contributed by atoms with E-state index in [4.69, 9.17) is 4.74 Å². The summed E-state index contributed by atoms with van der Waals surface area (Å²) < 4.78 is 31.9. The molecule has 1 aliphatic rings. The molecule has 3 rings (SSSR count). The van der Waals surface area contributed by atoms with Gasteiger partial charge in [-0.15, -0.1) is 11.3 Å². The highest BCUT2D eigenvalue weighted by Crippen LogP contribution is 2.27. The number of sulfonamides is 1. The number of hydrogen-bond acceptors (Lipinski definition) is 6. The quantitative estimate of drug-likeness (QED) is 0.805. The molecule has 0 saturated carbocycles. The molecule has 144 valence electrons. The van der Waals surface area contributed by atoms with E-state index in [9.17, 15) is 23.1 Å². The van der Waals surface area contributed by atoms with Crippen molar-refractivity contribution in [2.75, 3.05) is 38.3 Å². The molecular weight excluding hydrogens is 392 g/mol. The van der Waals surface area contributed by atoms with Crippen molar-refractivity contribution < 1.29 is 27.9 Å². The molecule has 2 aromatic rings. The highest BCUT2D eigenvalue weighted by molar-refractivity contribution is 7.89. The number of para-hydroxylation sites is 1. The second-order valence-electron chi connectivity index (χ2n) is 5.85. The van der Waals surface area contributed by atoms with Gasteiger partial charge in [0.15, 0.2) is 0 Å². The Morgan fingerprint density at radius 3 is 2.56 bits per heavy atom. The van der Waals surface area contributed by atoms with Gasteiger partial charge in [-0.3, -0.25) is 4.79 Å². The molecule has 1 saturated heterocycles. The molecule has 0 atom stereocenters. The molecule has 10 heteroatoms. The monoisotopic (exact) mass is 410 g/mol. The number of ether oxygens (including phenoxy) is 1. The summed E-state index contributed by atoms with van der Waals surface area (Å²) in [7, 11) is -2.23. The third-order valence-electron chi connectivity index (χ3n) is 4.19. The van der Waals surface area contributed by atoms with Crippen LogP contribution in [0.5, 0.6) is 0 Å². The molecule has 1 aromatic heterocycles. The first-order valence-electron chi connectivity index (χ1n) is 8.09. The zero-order chi connectivity index (χ0) is 19.6. The lowest BCUT2D eigenvalue weighted by Gasteiger charge is -2.25. The minimum atomic E-state index is -3.69. The van der Waals surface area contributed by atoms with Crippen molar-refractivity contribution in [3.8, 4) is 0 Å². The predicted molar refractivity (Wildman–Crippen MR) is 100 cm³/mol. The molecule has 0 radical (unpaired) electrons. The normalized spacial score (nSPS) is 15.4. The van der Waals surface area contributed by atoms with E-state index in [-0.39, 0.29) is 34.1 Å². The summed E-state index contributed by atoms with van der Waals surface area (Å²) in [6.45, 7) is 1.22. The number of benzene rings is 1. The molecule has 0 bridgehead atoms. The largest absolute Gasteiger partial charge is 0.478 e. The number of nitrogens with zero attached hydrogens (tertiary/aromatic N) is 2. The summed E-state index contributed by atoms with van der Waals surface area (Å²) in [5, 5.41) is 10.7. The fourth-order valence-electron chi connectivity index (χ4n) is 2.72. The van der Waals surface area contributed by atoms with Crippen molar-refractivity contribution in [2.45, 2.75) is 4.90 Å². The molecular formula is C17H18N2O6S2. The van der Waals surface area contributed by atoms with E-state index in [1.165, 1.54) is 39.8 Å². The predicted octanol–water partition coefficient (Wildman–Crippen LogP) is 1.74. The van der Waals surface area contributed by atoms with E-state index in [2.05, 4.69) is 0 Å². The van der Waals surface area contributed by atoms with Crippen LogP contribution in [0.2, 0.25) is 0 Å². The van der Waals surface area contributed by atoms with Gasteiger partial charge in [-0.1, -0.05) is 12.1 Å². The maximum atomic E-state index is 12.8. The van der Waals surface area contributed by atoms with Crippen LogP contribution in [-0.4, -0.2) is 63.1 Å². The number of carboxylic acids is 1. The van der Waals surface area contributed by atoms with Crippen LogP contribution in [0.1, 0.15) is 20.0 Å². The second kappa shape index (κ2) is 7.77. The van der Waals surface area contributed by atoms with Gasteiger partial charge in [0.05, 0.1) is 34.2 Å². The van der Waals surface area contributed by atoms with Gasteiger partial charge in [-0.2, -0.15) is 4.31 Å². The third kappa shape index (κ3) is 3.88. The number of carbonyl (C=O) groups excluding carboxylic acids is 1. The van der Waals surface area contributed by atoms with Gasteiger partial charge in [0.1, 0.15) is 0 Å². The number of anilines is 1. The summed E-state index contributed by atoms with van der Waals surface area (Å²) >= 11 is 1.01. The first kappa shape index (κ1) is 19.5. The Balaban J connectivity index is 1.86. The third-order valence-corrected chi connectivity index (χ3v) is 7.14. The summed E-state index contributed by atoms with van der Waals surface area (Å²) in [4.78, 5) is 25.6. The highest BCUT2D eigenvalue weighted by Gasteiger charge is 2.29. The molecule has 0 unspecified atom stereocenters. The van der Waals surface area contributed by atoms with Crippen LogP contribution in [0.15, 0.2) is 40.6 Å². The van der Waals surface area contributed by atoms with Crippen LogP contribution in [0.4, 0.5) is 5.69 Å². The van der Waals surface area contributed by atoms with Crippen molar-refractivity contribution in [3.63, 3.8) is 0 Å². The van der Waals surface area contributed by atoms with E-state index in [1.807, 2.05) is 0 Å². The lowest BCUT2D eigenvalue weighted by atomic mass is 10.1. The Kier molecular flexibility index (Phi) is 5.61. The van der Waals surface area contributed by atoms with Crippen molar-refractivity contribution in [3.05, 3.63) is 46.2 Å². The zero-order valence-corrected chi connectivity index (χ0v) is 16.1. The second-order valence-corrected chi connectivity index (χ2v) is 8.70. The summed E-state index contributed by atoms with van der Waals surface area (Å²) in [5.74, 6) is -1.62. The maximum Gasteiger partial charge on any atom is 0.337 e. The molecule has 27 heavy (non-hydrogen) atoms. The average Bonchev–Trinajstić information content (AvgIpc) is 3.18. The lowest BCUT2D eigenvalue weighted by molar-refractivity contribution is 0.0697. The van der Waals surface area contributed by atoms with E-state index >= 15 is 0 Å². The van der Waals surface area contributed by atoms with Gasteiger partial charge in [0, 0.05) is 25.5 Å². The minimum absolute atomic E-state index is 0.00827. The van der Waals surface area contributed by atoms with E-state index in [1.54, 1.807) is 12.1 Å².